The van der Waals surface area contributed by atoms with E-state index in [0.29, 0.717) is 25.4 Å². The molecule has 29 heavy (non-hydrogen) atoms. The largest absolute Gasteiger partial charge is 0.424 e. The average Bonchev–Trinajstić information content (AvgIpc) is 3.46. The number of amides is 1. The van der Waals surface area contributed by atoms with Gasteiger partial charge in [0, 0.05) is 37.0 Å². The van der Waals surface area contributed by atoms with E-state index in [2.05, 4.69) is 25.1 Å². The number of nitrogens with zero attached hydrogens (tertiary/aromatic N) is 6. The van der Waals surface area contributed by atoms with Gasteiger partial charge in [0.05, 0.1) is 30.7 Å². The fraction of sp³-hybridized carbons (Fsp3) is 0.667. The van der Waals surface area contributed by atoms with Crippen LogP contribution in [0.25, 0.3) is 0 Å². The topological polar surface area (TPSA) is 88.3 Å². The number of hydrogen-bond donors (Lipinski definition) is 0. The molecule has 0 N–H and O–H groups in total. The summed E-state index contributed by atoms with van der Waals surface area (Å²) in [5, 5.41) is 8.47. The van der Waals surface area contributed by atoms with Gasteiger partial charge in [0.1, 0.15) is 0 Å². The van der Waals surface area contributed by atoms with Gasteiger partial charge in [0.2, 0.25) is 17.7 Å². The summed E-state index contributed by atoms with van der Waals surface area (Å²) in [7, 11) is 0. The Morgan fingerprint density at radius 3 is 2.83 bits per heavy atom. The zero-order chi connectivity index (χ0) is 19.8. The van der Waals surface area contributed by atoms with E-state index in [4.69, 9.17) is 4.42 Å². The van der Waals surface area contributed by atoms with Crippen molar-refractivity contribution in [3.05, 3.63) is 35.6 Å². The molecule has 8 heteroatoms. The second-order valence-electron chi connectivity index (χ2n) is 9.02. The quantitative estimate of drug-likeness (QED) is 0.767. The Morgan fingerprint density at radius 2 is 2.03 bits per heavy atom. The Bertz CT molecular complexity index is 878. The zero-order valence-electron chi connectivity index (χ0n) is 17.0. The van der Waals surface area contributed by atoms with Gasteiger partial charge in [-0.15, -0.1) is 10.2 Å². The van der Waals surface area contributed by atoms with Crippen LogP contribution in [0.2, 0.25) is 0 Å². The molecule has 0 aromatic carbocycles. The Hall–Kier alpha value is -2.35. The summed E-state index contributed by atoms with van der Waals surface area (Å²) < 4.78 is 5.87. The highest BCUT2D eigenvalue weighted by Crippen LogP contribution is 2.41. The molecule has 154 valence electrons. The number of aryl methyl sites for hydroxylation is 1. The van der Waals surface area contributed by atoms with E-state index < -0.39 is 0 Å². The molecule has 2 saturated heterocycles. The van der Waals surface area contributed by atoms with E-state index in [9.17, 15) is 4.79 Å². The fourth-order valence-electron chi connectivity index (χ4n) is 4.74. The van der Waals surface area contributed by atoms with Gasteiger partial charge < -0.3 is 9.32 Å². The predicted octanol–water partition coefficient (Wildman–Crippen LogP) is 2.45. The van der Waals surface area contributed by atoms with Crippen LogP contribution >= 0.6 is 0 Å². The van der Waals surface area contributed by atoms with Crippen molar-refractivity contribution in [1.82, 2.24) is 30.0 Å². The van der Waals surface area contributed by atoms with E-state index in [-0.39, 0.29) is 11.3 Å². The van der Waals surface area contributed by atoms with Gasteiger partial charge in [-0.05, 0) is 45.6 Å². The highest BCUT2D eigenvalue weighted by atomic mass is 16.4. The minimum atomic E-state index is 0.142. The first-order valence-electron chi connectivity index (χ1n) is 10.7. The molecule has 2 aliphatic heterocycles. The van der Waals surface area contributed by atoms with Crippen LogP contribution in [0.1, 0.15) is 67.6 Å². The van der Waals surface area contributed by atoms with E-state index in [0.717, 1.165) is 62.1 Å². The number of carbonyl (C=O) groups excluding carboxylic acids is 1. The molecule has 1 atom stereocenters. The van der Waals surface area contributed by atoms with Crippen molar-refractivity contribution in [2.45, 2.75) is 64.5 Å². The van der Waals surface area contributed by atoms with Gasteiger partial charge in [-0.25, -0.2) is 0 Å². The van der Waals surface area contributed by atoms with Crippen molar-refractivity contribution < 1.29 is 9.21 Å². The monoisotopic (exact) mass is 396 g/mol. The van der Waals surface area contributed by atoms with Crippen LogP contribution in [0.4, 0.5) is 0 Å². The summed E-state index contributed by atoms with van der Waals surface area (Å²) in [5.41, 5.74) is 1.89. The molecule has 0 bridgehead atoms. The van der Waals surface area contributed by atoms with Crippen molar-refractivity contribution in [3.8, 4) is 0 Å². The van der Waals surface area contributed by atoms with Gasteiger partial charge in [-0.2, -0.15) is 0 Å². The van der Waals surface area contributed by atoms with Gasteiger partial charge in [-0.3, -0.25) is 19.7 Å². The molecule has 3 aliphatic rings. The third-order valence-electron chi connectivity index (χ3n) is 6.44. The van der Waals surface area contributed by atoms with Crippen LogP contribution in [0.15, 0.2) is 16.8 Å². The molecule has 2 aromatic rings. The van der Waals surface area contributed by atoms with Crippen molar-refractivity contribution in [1.29, 1.82) is 0 Å². The Labute approximate surface area is 170 Å². The second kappa shape index (κ2) is 7.48. The number of piperidine rings is 2. The molecule has 1 amide bonds. The number of aromatic nitrogens is 4. The number of hydrogen-bond acceptors (Lipinski definition) is 7. The van der Waals surface area contributed by atoms with Crippen LogP contribution in [-0.4, -0.2) is 55.5 Å². The standard InChI is InChI=1S/C21H28N6O2/c1-15-9-23-17(10-22-15)11-27-14-21(7-5-19(27)28)6-2-8-26(13-21)12-18-24-25-20(29-18)16-3-4-16/h9-10,16H,2-8,11-14H2,1H3. The van der Waals surface area contributed by atoms with Crippen molar-refractivity contribution >= 4 is 5.91 Å². The highest BCUT2D eigenvalue weighted by molar-refractivity contribution is 5.77. The molecule has 1 saturated carbocycles. The van der Waals surface area contributed by atoms with Crippen LogP contribution in [-0.2, 0) is 17.9 Å². The summed E-state index contributed by atoms with van der Waals surface area (Å²) in [6.45, 7) is 5.97. The summed E-state index contributed by atoms with van der Waals surface area (Å²) in [5.74, 6) is 2.25. The van der Waals surface area contributed by atoms with Gasteiger partial charge in [-0.1, -0.05) is 0 Å². The van der Waals surface area contributed by atoms with Crippen LogP contribution in [0.3, 0.4) is 0 Å². The highest BCUT2D eigenvalue weighted by Gasteiger charge is 2.42. The van der Waals surface area contributed by atoms with Crippen molar-refractivity contribution in [3.63, 3.8) is 0 Å². The first-order chi connectivity index (χ1) is 14.1. The maximum atomic E-state index is 12.6. The van der Waals surface area contributed by atoms with E-state index in [1.54, 1.807) is 12.4 Å². The molecule has 8 nitrogen and oxygen atoms in total. The van der Waals surface area contributed by atoms with Crippen molar-refractivity contribution in [2.24, 2.45) is 5.41 Å². The summed E-state index contributed by atoms with van der Waals surface area (Å²) in [6, 6.07) is 0. The minimum absolute atomic E-state index is 0.142. The third-order valence-corrected chi connectivity index (χ3v) is 6.44. The summed E-state index contributed by atoms with van der Waals surface area (Å²) in [6.07, 6.45) is 9.74. The Morgan fingerprint density at radius 1 is 1.14 bits per heavy atom. The van der Waals surface area contributed by atoms with Gasteiger partial charge in [0.25, 0.3) is 0 Å². The number of rotatable bonds is 5. The smallest absolute Gasteiger partial charge is 0.230 e. The number of likely N-dealkylation sites (tertiary alicyclic amines) is 2. The lowest BCUT2D eigenvalue weighted by Gasteiger charge is -2.48. The summed E-state index contributed by atoms with van der Waals surface area (Å²) >= 11 is 0. The molecule has 1 unspecified atom stereocenters. The first kappa shape index (κ1) is 18.7. The molecule has 1 spiro atoms. The predicted molar refractivity (Wildman–Crippen MR) is 105 cm³/mol. The lowest BCUT2D eigenvalue weighted by atomic mass is 9.73. The first-order valence-corrected chi connectivity index (χ1v) is 10.7. The molecule has 3 fully saturated rings. The fourth-order valence-corrected chi connectivity index (χ4v) is 4.74. The maximum absolute atomic E-state index is 12.6. The van der Waals surface area contributed by atoms with Crippen LogP contribution < -0.4 is 0 Å². The molecule has 4 heterocycles. The Balaban J connectivity index is 1.24. The van der Waals surface area contributed by atoms with Crippen LogP contribution in [0, 0.1) is 12.3 Å². The van der Waals surface area contributed by atoms with Crippen molar-refractivity contribution in [2.75, 3.05) is 19.6 Å². The molecule has 0 radical (unpaired) electrons. The SMILES string of the molecule is Cc1cnc(CN2CC3(CCCN(Cc4nnc(C5CC5)o4)C3)CCC2=O)cn1. The summed E-state index contributed by atoms with van der Waals surface area (Å²) in [4.78, 5) is 25.7. The molecule has 1 aliphatic carbocycles. The van der Waals surface area contributed by atoms with Gasteiger partial charge in [0.15, 0.2) is 0 Å². The third kappa shape index (κ3) is 4.17. The molecule has 5 rings (SSSR count). The second-order valence-corrected chi connectivity index (χ2v) is 9.02. The lowest BCUT2D eigenvalue weighted by molar-refractivity contribution is -0.140. The lowest BCUT2D eigenvalue weighted by Crippen LogP contribution is -2.53. The Kier molecular flexibility index (Phi) is 4.81. The van der Waals surface area contributed by atoms with E-state index in [1.165, 1.54) is 12.8 Å². The minimum Gasteiger partial charge on any atom is -0.424 e. The number of carbonyl (C=O) groups is 1. The van der Waals surface area contributed by atoms with E-state index in [1.807, 2.05) is 11.8 Å². The van der Waals surface area contributed by atoms with E-state index >= 15 is 0 Å². The maximum Gasteiger partial charge on any atom is 0.230 e. The molecular formula is C21H28N6O2. The molecule has 2 aromatic heterocycles. The van der Waals surface area contributed by atoms with Crippen LogP contribution in [0.5, 0.6) is 0 Å². The average molecular weight is 396 g/mol. The zero-order valence-corrected chi connectivity index (χ0v) is 17.0. The van der Waals surface area contributed by atoms with Gasteiger partial charge >= 0.3 is 0 Å². The normalized spacial score (nSPS) is 25.7. The molecular weight excluding hydrogens is 368 g/mol.